The van der Waals surface area contributed by atoms with E-state index in [1.165, 1.54) is 17.0 Å². The SMILES string of the molecule is CC1(C)CC[C@@H](c2ccc(C(F)(F)F)cc2)N(CC(=O)Nc2ccc3c(c2)C[C@@]2(C3)C(=O)Nc3ncccc32)C1=O. The van der Waals surface area contributed by atoms with Crippen LogP contribution >= 0.6 is 0 Å². The minimum atomic E-state index is -4.46. The van der Waals surface area contributed by atoms with Crippen LogP contribution in [0.15, 0.2) is 60.8 Å². The Morgan fingerprint density at radius 3 is 2.54 bits per heavy atom. The Bertz CT molecular complexity index is 1570. The molecule has 1 saturated heterocycles. The van der Waals surface area contributed by atoms with E-state index in [-0.39, 0.29) is 18.4 Å². The van der Waals surface area contributed by atoms with Crippen molar-refractivity contribution in [3.05, 3.63) is 88.6 Å². The number of likely N-dealkylation sites (tertiary alicyclic amines) is 1. The lowest BCUT2D eigenvalue weighted by Crippen LogP contribution is -2.50. The smallest absolute Gasteiger partial charge is 0.326 e. The molecule has 2 aromatic carbocycles. The predicted octanol–water partition coefficient (Wildman–Crippen LogP) is 5.42. The van der Waals surface area contributed by atoms with E-state index in [4.69, 9.17) is 0 Å². The van der Waals surface area contributed by atoms with Gasteiger partial charge in [-0.15, -0.1) is 0 Å². The molecule has 212 valence electrons. The van der Waals surface area contributed by atoms with Crippen LogP contribution in [0, 0.1) is 5.41 Å². The Hall–Kier alpha value is -4.21. The van der Waals surface area contributed by atoms with Crippen molar-refractivity contribution in [1.82, 2.24) is 9.88 Å². The predicted molar refractivity (Wildman–Crippen MR) is 146 cm³/mol. The van der Waals surface area contributed by atoms with Crippen LogP contribution in [0.4, 0.5) is 24.7 Å². The molecule has 1 fully saturated rings. The molecule has 6 rings (SSSR count). The van der Waals surface area contributed by atoms with Crippen LogP contribution in [0.1, 0.15) is 60.5 Å². The number of piperidine rings is 1. The lowest BCUT2D eigenvalue weighted by atomic mass is 9.78. The van der Waals surface area contributed by atoms with E-state index in [1.54, 1.807) is 12.3 Å². The number of fused-ring (bicyclic) bond motifs is 3. The second-order valence-electron chi connectivity index (χ2n) is 11.8. The molecule has 1 aliphatic carbocycles. The molecule has 7 nitrogen and oxygen atoms in total. The van der Waals surface area contributed by atoms with Crippen molar-refractivity contribution in [2.24, 2.45) is 5.41 Å². The quantitative estimate of drug-likeness (QED) is 0.445. The van der Waals surface area contributed by atoms with Crippen molar-refractivity contribution in [1.29, 1.82) is 0 Å². The zero-order valence-corrected chi connectivity index (χ0v) is 22.6. The van der Waals surface area contributed by atoms with Gasteiger partial charge in [0, 0.05) is 22.9 Å². The van der Waals surface area contributed by atoms with E-state index < -0.39 is 34.5 Å². The number of benzene rings is 2. The molecule has 0 radical (unpaired) electrons. The van der Waals surface area contributed by atoms with Crippen molar-refractivity contribution in [2.45, 2.75) is 57.2 Å². The van der Waals surface area contributed by atoms with Gasteiger partial charge in [0.25, 0.3) is 0 Å². The summed E-state index contributed by atoms with van der Waals surface area (Å²) in [7, 11) is 0. The number of nitrogens with zero attached hydrogens (tertiary/aromatic N) is 2. The first-order valence-electron chi connectivity index (χ1n) is 13.5. The monoisotopic (exact) mass is 562 g/mol. The van der Waals surface area contributed by atoms with Gasteiger partial charge in [-0.1, -0.05) is 38.1 Å². The molecule has 41 heavy (non-hydrogen) atoms. The number of carbonyl (C=O) groups excluding carboxylic acids is 3. The van der Waals surface area contributed by atoms with Gasteiger partial charge in [-0.05, 0) is 72.7 Å². The molecule has 3 aromatic rings. The highest BCUT2D eigenvalue weighted by atomic mass is 19.4. The lowest BCUT2D eigenvalue weighted by Gasteiger charge is -2.43. The molecular formula is C31H29F3N4O3. The Morgan fingerprint density at radius 2 is 1.80 bits per heavy atom. The Kier molecular flexibility index (Phi) is 6.20. The zero-order chi connectivity index (χ0) is 29.2. The highest BCUT2D eigenvalue weighted by Gasteiger charge is 2.51. The third-order valence-electron chi connectivity index (χ3n) is 8.66. The van der Waals surface area contributed by atoms with Crippen LogP contribution in [0.3, 0.4) is 0 Å². The van der Waals surface area contributed by atoms with Crippen LogP contribution in [0.25, 0.3) is 0 Å². The van der Waals surface area contributed by atoms with Crippen molar-refractivity contribution in [3.8, 4) is 0 Å². The minimum absolute atomic E-state index is 0.0893. The molecule has 0 unspecified atom stereocenters. The van der Waals surface area contributed by atoms with Crippen molar-refractivity contribution in [3.63, 3.8) is 0 Å². The van der Waals surface area contributed by atoms with Gasteiger partial charge in [-0.25, -0.2) is 4.98 Å². The largest absolute Gasteiger partial charge is 0.416 e. The Morgan fingerprint density at radius 1 is 1.07 bits per heavy atom. The topological polar surface area (TPSA) is 91.4 Å². The number of anilines is 2. The number of pyridine rings is 1. The summed E-state index contributed by atoms with van der Waals surface area (Å²) in [4.78, 5) is 45.4. The maximum absolute atomic E-state index is 13.4. The molecule has 2 N–H and O–H groups in total. The maximum Gasteiger partial charge on any atom is 0.416 e. The molecule has 2 aliphatic heterocycles. The van der Waals surface area contributed by atoms with Crippen LogP contribution in [-0.2, 0) is 38.8 Å². The lowest BCUT2D eigenvalue weighted by molar-refractivity contribution is -0.150. The average molecular weight is 563 g/mol. The number of carbonyl (C=O) groups is 3. The highest BCUT2D eigenvalue weighted by molar-refractivity contribution is 6.06. The number of hydrogen-bond acceptors (Lipinski definition) is 4. The summed E-state index contributed by atoms with van der Waals surface area (Å²) < 4.78 is 39.3. The third kappa shape index (κ3) is 4.65. The van der Waals surface area contributed by atoms with E-state index in [2.05, 4.69) is 15.6 Å². The molecule has 3 heterocycles. The fourth-order valence-electron chi connectivity index (χ4n) is 6.41. The van der Waals surface area contributed by atoms with Crippen molar-refractivity contribution in [2.75, 3.05) is 17.2 Å². The second-order valence-corrected chi connectivity index (χ2v) is 11.8. The van der Waals surface area contributed by atoms with Gasteiger partial charge in [0.2, 0.25) is 17.7 Å². The summed E-state index contributed by atoms with van der Waals surface area (Å²) in [5.41, 5.74) is 1.76. The molecule has 1 spiro atoms. The van der Waals surface area contributed by atoms with Gasteiger partial charge in [-0.2, -0.15) is 13.2 Å². The maximum atomic E-state index is 13.4. The van der Waals surface area contributed by atoms with Crippen molar-refractivity contribution < 1.29 is 27.6 Å². The van der Waals surface area contributed by atoms with Crippen LogP contribution in [0.5, 0.6) is 0 Å². The first-order valence-corrected chi connectivity index (χ1v) is 13.5. The number of amides is 3. The van der Waals surface area contributed by atoms with Gasteiger partial charge < -0.3 is 15.5 Å². The van der Waals surface area contributed by atoms with Crippen LogP contribution in [0.2, 0.25) is 0 Å². The molecular weight excluding hydrogens is 533 g/mol. The van der Waals surface area contributed by atoms with Gasteiger partial charge in [-0.3, -0.25) is 14.4 Å². The number of nitrogens with one attached hydrogen (secondary N) is 2. The summed E-state index contributed by atoms with van der Waals surface area (Å²) in [6.07, 6.45) is -0.728. The standard InChI is InChI=1S/C31H29F3N4O3/c1-29(2)12-11-24(18-5-8-21(9-6-18)31(32,33)34)38(28(29)41)17-25(39)36-22-10-7-19-15-30(16-20(19)14-22)23-4-3-13-35-26(23)37-27(30)40/h3-10,13-14,24H,11-12,15-17H2,1-2H3,(H,36,39)(H,35,37,40)/t24-,30+/m0/s1. The number of aromatic nitrogens is 1. The number of hydrogen-bond donors (Lipinski definition) is 2. The minimum Gasteiger partial charge on any atom is -0.326 e. The Labute approximate surface area is 235 Å². The molecule has 1 aromatic heterocycles. The second kappa shape index (κ2) is 9.43. The molecule has 10 heteroatoms. The van der Waals surface area contributed by atoms with Crippen LogP contribution in [-0.4, -0.2) is 34.2 Å². The third-order valence-corrected chi connectivity index (χ3v) is 8.66. The van der Waals surface area contributed by atoms with Gasteiger partial charge in [0.15, 0.2) is 0 Å². The summed E-state index contributed by atoms with van der Waals surface area (Å²) in [6, 6.07) is 13.5. The number of alkyl halides is 3. The van der Waals surface area contributed by atoms with E-state index in [0.717, 1.165) is 28.8 Å². The number of rotatable bonds is 4. The first kappa shape index (κ1) is 27.0. The molecule has 2 atom stereocenters. The van der Waals surface area contributed by atoms with E-state index in [9.17, 15) is 27.6 Å². The first-order chi connectivity index (χ1) is 19.4. The average Bonchev–Trinajstić information content (AvgIpc) is 3.43. The highest BCUT2D eigenvalue weighted by Crippen LogP contribution is 2.47. The summed E-state index contributed by atoms with van der Waals surface area (Å²) in [5.74, 6) is -0.142. The van der Waals surface area contributed by atoms with Gasteiger partial charge >= 0.3 is 6.18 Å². The molecule has 0 saturated carbocycles. The zero-order valence-electron chi connectivity index (χ0n) is 22.6. The van der Waals surface area contributed by atoms with E-state index in [1.807, 2.05) is 38.1 Å². The fourth-order valence-corrected chi connectivity index (χ4v) is 6.41. The summed E-state index contributed by atoms with van der Waals surface area (Å²) in [5, 5.41) is 5.77. The summed E-state index contributed by atoms with van der Waals surface area (Å²) in [6.45, 7) is 3.38. The van der Waals surface area contributed by atoms with E-state index >= 15 is 0 Å². The number of halogens is 3. The van der Waals surface area contributed by atoms with Gasteiger partial charge in [0.05, 0.1) is 17.0 Å². The van der Waals surface area contributed by atoms with E-state index in [0.29, 0.717) is 42.8 Å². The fraction of sp³-hybridized carbons (Fsp3) is 0.355. The van der Waals surface area contributed by atoms with Crippen LogP contribution < -0.4 is 10.6 Å². The summed E-state index contributed by atoms with van der Waals surface area (Å²) >= 11 is 0. The molecule has 3 amide bonds. The van der Waals surface area contributed by atoms with Gasteiger partial charge in [0.1, 0.15) is 12.4 Å². The molecule has 0 bridgehead atoms. The van der Waals surface area contributed by atoms with Crippen molar-refractivity contribution >= 4 is 29.2 Å². The Balaban J connectivity index is 1.20. The molecule has 3 aliphatic rings. The normalized spacial score (nSPS) is 22.9.